The Bertz CT molecular complexity index is 1280. The molecule has 9 nitrogen and oxygen atoms in total. The maximum Gasteiger partial charge on any atom is 0.338 e. The van der Waals surface area contributed by atoms with E-state index in [1.54, 1.807) is 18.7 Å². The van der Waals surface area contributed by atoms with Gasteiger partial charge in [0.05, 0.1) is 31.6 Å². The van der Waals surface area contributed by atoms with Crippen LogP contribution >= 0.6 is 0 Å². The number of aliphatic imine (C=N–C) groups is 1. The smallest absolute Gasteiger partial charge is 0.338 e. The molecule has 2 aliphatic rings. The molecule has 2 aliphatic heterocycles. The standard InChI is InChI=1S/C25H25F3N4O5/c1-3-37-25(35)20-18(11-32-6-7-36-12-19(32)24(33)34)30-23(22-17(28)9-15(27)10-29-22)31-21(20)16-5-4-14(26)8-13(16)2/h4-5,8-10,19,21H,3,6-7,11-12H2,1-2H3,(H,30,31)(H,33,34). The first kappa shape index (κ1) is 26.3. The van der Waals surface area contributed by atoms with E-state index in [1.165, 1.54) is 18.2 Å². The van der Waals surface area contributed by atoms with Crippen LogP contribution in [0.25, 0.3) is 0 Å². The number of ether oxygens (including phenoxy) is 2. The van der Waals surface area contributed by atoms with Gasteiger partial charge in [0.2, 0.25) is 0 Å². The summed E-state index contributed by atoms with van der Waals surface area (Å²) in [6.07, 6.45) is 0.827. The average Bonchev–Trinajstić information content (AvgIpc) is 2.84. The number of nitrogens with one attached hydrogen (secondary N) is 1. The summed E-state index contributed by atoms with van der Waals surface area (Å²) in [6, 6.07) is 2.52. The maximum absolute atomic E-state index is 14.7. The Balaban J connectivity index is 1.88. The lowest BCUT2D eigenvalue weighted by molar-refractivity contribution is -0.149. The maximum atomic E-state index is 14.7. The van der Waals surface area contributed by atoms with Crippen molar-refractivity contribution in [3.63, 3.8) is 0 Å². The van der Waals surface area contributed by atoms with Crippen LogP contribution in [0.1, 0.15) is 29.8 Å². The van der Waals surface area contributed by atoms with E-state index in [1.807, 2.05) is 0 Å². The van der Waals surface area contributed by atoms with Crippen molar-refractivity contribution < 1.29 is 37.3 Å². The van der Waals surface area contributed by atoms with Gasteiger partial charge in [-0.05, 0) is 37.1 Å². The normalized spacial score (nSPS) is 20.3. The first-order valence-corrected chi connectivity index (χ1v) is 11.6. The summed E-state index contributed by atoms with van der Waals surface area (Å²) in [4.78, 5) is 35.0. The summed E-state index contributed by atoms with van der Waals surface area (Å²) in [6.45, 7) is 3.68. The van der Waals surface area contributed by atoms with Crippen molar-refractivity contribution in [3.8, 4) is 0 Å². The SMILES string of the molecule is CCOC(=O)C1=C(CN2CCOCC2C(=O)O)NC(c2ncc(F)cc2F)=NC1c1ccc(F)cc1C. The predicted octanol–water partition coefficient (Wildman–Crippen LogP) is 2.50. The van der Waals surface area contributed by atoms with Gasteiger partial charge in [-0.25, -0.2) is 22.9 Å². The van der Waals surface area contributed by atoms with Crippen LogP contribution in [-0.4, -0.2) is 71.7 Å². The molecule has 2 unspecified atom stereocenters. The molecular formula is C25H25F3N4O5. The zero-order chi connectivity index (χ0) is 26.7. The lowest BCUT2D eigenvalue weighted by Gasteiger charge is -2.36. The molecule has 37 heavy (non-hydrogen) atoms. The third-order valence-electron chi connectivity index (χ3n) is 6.07. The topological polar surface area (TPSA) is 113 Å². The number of benzene rings is 1. The number of carboxylic acids is 1. The van der Waals surface area contributed by atoms with Crippen molar-refractivity contribution >= 4 is 17.8 Å². The number of morpholine rings is 1. The van der Waals surface area contributed by atoms with Crippen LogP contribution in [-0.2, 0) is 19.1 Å². The van der Waals surface area contributed by atoms with E-state index in [4.69, 9.17) is 9.47 Å². The summed E-state index contributed by atoms with van der Waals surface area (Å²) in [7, 11) is 0. The van der Waals surface area contributed by atoms with Crippen molar-refractivity contribution in [3.05, 3.63) is 76.0 Å². The molecule has 0 amide bonds. The van der Waals surface area contributed by atoms with Crippen molar-refractivity contribution in [2.75, 3.05) is 32.9 Å². The van der Waals surface area contributed by atoms with E-state index in [2.05, 4.69) is 15.3 Å². The minimum atomic E-state index is -1.11. The number of hydrogen-bond acceptors (Lipinski definition) is 8. The van der Waals surface area contributed by atoms with Gasteiger partial charge < -0.3 is 19.9 Å². The first-order valence-electron chi connectivity index (χ1n) is 11.6. The molecule has 2 N–H and O–H groups in total. The zero-order valence-electron chi connectivity index (χ0n) is 20.1. The van der Waals surface area contributed by atoms with Crippen LogP contribution < -0.4 is 5.32 Å². The number of carbonyl (C=O) groups excluding carboxylic acids is 1. The fourth-order valence-corrected chi connectivity index (χ4v) is 4.31. The highest BCUT2D eigenvalue weighted by molar-refractivity contribution is 6.02. The van der Waals surface area contributed by atoms with Gasteiger partial charge in [0, 0.05) is 24.9 Å². The second kappa shape index (κ2) is 11.1. The molecule has 12 heteroatoms. The number of aliphatic carboxylic acids is 1. The molecule has 1 aromatic carbocycles. The molecule has 3 heterocycles. The highest BCUT2D eigenvalue weighted by atomic mass is 19.1. The summed E-state index contributed by atoms with van der Waals surface area (Å²) < 4.78 is 52.8. The van der Waals surface area contributed by atoms with E-state index in [0.717, 1.165) is 6.20 Å². The van der Waals surface area contributed by atoms with Crippen molar-refractivity contribution in [1.82, 2.24) is 15.2 Å². The number of carboxylic acid groups (broad SMARTS) is 1. The Morgan fingerprint density at radius 2 is 2.03 bits per heavy atom. The molecule has 196 valence electrons. The highest BCUT2D eigenvalue weighted by Gasteiger charge is 2.37. The van der Waals surface area contributed by atoms with Gasteiger partial charge in [0.1, 0.15) is 29.4 Å². The number of aromatic nitrogens is 1. The van der Waals surface area contributed by atoms with Gasteiger partial charge in [0.25, 0.3) is 0 Å². The summed E-state index contributed by atoms with van der Waals surface area (Å²) in [5, 5.41) is 12.6. The van der Waals surface area contributed by atoms with Crippen LogP contribution in [0.15, 0.2) is 46.7 Å². The molecule has 4 rings (SSSR count). The van der Waals surface area contributed by atoms with Crippen LogP contribution in [0, 0.1) is 24.4 Å². The van der Waals surface area contributed by atoms with Gasteiger partial charge in [-0.15, -0.1) is 0 Å². The van der Waals surface area contributed by atoms with E-state index in [0.29, 0.717) is 17.2 Å². The van der Waals surface area contributed by atoms with Crippen LogP contribution in [0.3, 0.4) is 0 Å². The van der Waals surface area contributed by atoms with Gasteiger partial charge in [-0.3, -0.25) is 14.7 Å². The summed E-state index contributed by atoms with van der Waals surface area (Å²) >= 11 is 0. The second-order valence-corrected chi connectivity index (χ2v) is 8.50. The second-order valence-electron chi connectivity index (χ2n) is 8.50. The lowest BCUT2D eigenvalue weighted by Crippen LogP contribution is -2.52. The molecule has 2 atom stereocenters. The number of aryl methyl sites for hydroxylation is 1. The van der Waals surface area contributed by atoms with E-state index < -0.39 is 41.5 Å². The number of hydrogen-bond donors (Lipinski definition) is 2. The predicted molar refractivity (Wildman–Crippen MR) is 125 cm³/mol. The van der Waals surface area contributed by atoms with E-state index >= 15 is 0 Å². The monoisotopic (exact) mass is 518 g/mol. The van der Waals surface area contributed by atoms with Gasteiger partial charge in [0.15, 0.2) is 11.7 Å². The number of pyridine rings is 1. The Hall–Kier alpha value is -3.77. The molecule has 1 saturated heterocycles. The number of amidine groups is 1. The Morgan fingerprint density at radius 1 is 1.24 bits per heavy atom. The number of carbonyl (C=O) groups is 2. The van der Waals surface area contributed by atoms with Crippen LogP contribution in [0.2, 0.25) is 0 Å². The number of rotatable bonds is 7. The third-order valence-corrected chi connectivity index (χ3v) is 6.07. The first-order chi connectivity index (χ1) is 17.7. The van der Waals surface area contributed by atoms with Crippen molar-refractivity contribution in [2.24, 2.45) is 4.99 Å². The number of esters is 1. The molecule has 0 bridgehead atoms. The van der Waals surface area contributed by atoms with Crippen molar-refractivity contribution in [2.45, 2.75) is 25.9 Å². The third kappa shape index (κ3) is 5.65. The summed E-state index contributed by atoms with van der Waals surface area (Å²) in [5.74, 6) is -4.31. The molecule has 2 aromatic rings. The molecule has 0 saturated carbocycles. The Labute approximate surface area is 210 Å². The molecule has 0 radical (unpaired) electrons. The van der Waals surface area contributed by atoms with Gasteiger partial charge >= 0.3 is 11.9 Å². The zero-order valence-corrected chi connectivity index (χ0v) is 20.1. The fourth-order valence-electron chi connectivity index (χ4n) is 4.31. The largest absolute Gasteiger partial charge is 0.480 e. The van der Waals surface area contributed by atoms with E-state index in [-0.39, 0.29) is 55.7 Å². The molecular weight excluding hydrogens is 493 g/mol. The van der Waals surface area contributed by atoms with Crippen LogP contribution in [0.4, 0.5) is 13.2 Å². The Morgan fingerprint density at radius 3 is 2.70 bits per heavy atom. The molecule has 1 fully saturated rings. The summed E-state index contributed by atoms with van der Waals surface area (Å²) in [5.41, 5.74) is 0.872. The minimum absolute atomic E-state index is 0.0464. The highest BCUT2D eigenvalue weighted by Crippen LogP contribution is 2.35. The number of halogens is 3. The number of nitrogens with zero attached hydrogens (tertiary/aromatic N) is 3. The Kier molecular flexibility index (Phi) is 7.89. The van der Waals surface area contributed by atoms with Crippen LogP contribution in [0.5, 0.6) is 0 Å². The van der Waals surface area contributed by atoms with Gasteiger partial charge in [-0.1, -0.05) is 6.07 Å². The minimum Gasteiger partial charge on any atom is -0.480 e. The lowest BCUT2D eigenvalue weighted by atomic mass is 9.92. The van der Waals surface area contributed by atoms with E-state index in [9.17, 15) is 27.9 Å². The molecule has 1 aromatic heterocycles. The van der Waals surface area contributed by atoms with Crippen molar-refractivity contribution in [1.29, 1.82) is 0 Å². The molecule has 0 spiro atoms. The molecule has 0 aliphatic carbocycles. The fraction of sp³-hybridized carbons (Fsp3) is 0.360. The van der Waals surface area contributed by atoms with Gasteiger partial charge in [-0.2, -0.15) is 0 Å². The quantitative estimate of drug-likeness (QED) is 0.538. The average molecular weight is 518 g/mol.